The van der Waals surface area contributed by atoms with E-state index in [9.17, 15) is 13.2 Å². The summed E-state index contributed by atoms with van der Waals surface area (Å²) in [6.07, 6.45) is -4.41. The largest absolute Gasteiger partial charge is 0.416 e. The van der Waals surface area contributed by atoms with E-state index in [4.69, 9.17) is 11.6 Å². The van der Waals surface area contributed by atoms with Gasteiger partial charge in [0.2, 0.25) is 0 Å². The molecule has 0 aliphatic rings. The number of hydrogen-bond acceptors (Lipinski definition) is 4. The first-order valence-electron chi connectivity index (χ1n) is 5.81. The second-order valence-corrected chi connectivity index (χ2v) is 5.36. The van der Waals surface area contributed by atoms with Crippen LogP contribution in [0.25, 0.3) is 0 Å². The number of hydrogen-bond donors (Lipinski definition) is 3. The summed E-state index contributed by atoms with van der Waals surface area (Å²) in [7, 11) is 0. The lowest BCUT2D eigenvalue weighted by atomic mass is 9.99. The molecule has 0 bridgehead atoms. The number of hydrazine groups is 1. The van der Waals surface area contributed by atoms with Crippen molar-refractivity contribution in [3.05, 3.63) is 51.2 Å². The Morgan fingerprint density at radius 1 is 1.25 bits per heavy atom. The Balaban J connectivity index is 2.52. The quantitative estimate of drug-likeness (QED) is 0.463. The Bertz CT molecular complexity index is 607. The normalized spacial score (nSPS) is 13.4. The van der Waals surface area contributed by atoms with Crippen LogP contribution >= 0.6 is 11.3 Å². The van der Waals surface area contributed by atoms with Gasteiger partial charge >= 0.3 is 6.18 Å². The lowest BCUT2D eigenvalue weighted by Crippen LogP contribution is -2.29. The molecule has 0 aliphatic heterocycles. The van der Waals surface area contributed by atoms with Crippen molar-refractivity contribution in [1.29, 1.82) is 0 Å². The van der Waals surface area contributed by atoms with Crippen molar-refractivity contribution >= 4 is 17.0 Å². The van der Waals surface area contributed by atoms with Crippen LogP contribution in [0.5, 0.6) is 0 Å². The molecule has 0 amide bonds. The molecule has 2 rings (SSSR count). The van der Waals surface area contributed by atoms with Gasteiger partial charge in [0.1, 0.15) is 0 Å². The zero-order valence-corrected chi connectivity index (χ0v) is 11.5. The van der Waals surface area contributed by atoms with Crippen LogP contribution in [-0.4, -0.2) is 0 Å². The molecule has 3 nitrogen and oxygen atoms in total. The highest BCUT2D eigenvalue weighted by Crippen LogP contribution is 2.36. The molecule has 2 aromatic rings. The first-order valence-corrected chi connectivity index (χ1v) is 6.69. The van der Waals surface area contributed by atoms with Crippen molar-refractivity contribution < 1.29 is 13.2 Å². The molecule has 0 aliphatic carbocycles. The summed E-state index contributed by atoms with van der Waals surface area (Å²) >= 11 is 1.42. The number of anilines is 1. The van der Waals surface area contributed by atoms with Gasteiger partial charge in [-0.15, -0.1) is 11.3 Å². The van der Waals surface area contributed by atoms with E-state index >= 15 is 0 Å². The van der Waals surface area contributed by atoms with Crippen LogP contribution in [0.4, 0.5) is 18.9 Å². The second-order valence-electron chi connectivity index (χ2n) is 4.41. The molecule has 7 heteroatoms. The molecule has 1 heterocycles. The molecule has 1 aromatic carbocycles. The number of alkyl halides is 3. The number of thiophene rings is 1. The highest BCUT2D eigenvalue weighted by Gasteiger charge is 2.32. The third-order valence-electron chi connectivity index (χ3n) is 3.06. The maximum atomic E-state index is 12.8. The number of nitrogens with one attached hydrogen (secondary N) is 1. The SMILES string of the molecule is Cc1ccsc1C(NN)c1cc(C(F)(F)F)ccc1N. The van der Waals surface area contributed by atoms with Crippen molar-refractivity contribution in [3.8, 4) is 0 Å². The number of nitrogens with two attached hydrogens (primary N) is 2. The number of rotatable bonds is 3. The van der Waals surface area contributed by atoms with Gasteiger partial charge in [0, 0.05) is 10.6 Å². The Kier molecular flexibility index (Phi) is 4.03. The molecule has 5 N–H and O–H groups in total. The molecule has 108 valence electrons. The summed E-state index contributed by atoms with van der Waals surface area (Å²) in [6.45, 7) is 1.87. The second kappa shape index (κ2) is 5.43. The van der Waals surface area contributed by atoms with Gasteiger partial charge in [-0.2, -0.15) is 13.2 Å². The minimum atomic E-state index is -4.41. The van der Waals surface area contributed by atoms with E-state index in [1.807, 2.05) is 18.4 Å². The van der Waals surface area contributed by atoms with E-state index in [2.05, 4.69) is 5.43 Å². The number of nitrogen functional groups attached to an aromatic ring is 1. The minimum absolute atomic E-state index is 0.272. The summed E-state index contributed by atoms with van der Waals surface area (Å²) in [4.78, 5) is 0.846. The summed E-state index contributed by atoms with van der Waals surface area (Å²) in [6, 6.07) is 4.59. The molecule has 0 saturated heterocycles. The third-order valence-corrected chi connectivity index (χ3v) is 4.14. The monoisotopic (exact) mass is 301 g/mol. The highest BCUT2D eigenvalue weighted by molar-refractivity contribution is 7.10. The maximum absolute atomic E-state index is 12.8. The van der Waals surface area contributed by atoms with Crippen molar-refractivity contribution in [2.24, 2.45) is 5.84 Å². The van der Waals surface area contributed by atoms with Crippen LogP contribution in [0, 0.1) is 6.92 Å². The smallest absolute Gasteiger partial charge is 0.398 e. The summed E-state index contributed by atoms with van der Waals surface area (Å²) in [5.74, 6) is 5.51. The van der Waals surface area contributed by atoms with E-state index in [1.54, 1.807) is 0 Å². The molecule has 20 heavy (non-hydrogen) atoms. The molecule has 1 aromatic heterocycles. The highest BCUT2D eigenvalue weighted by atomic mass is 32.1. The Hall–Kier alpha value is -1.57. The Morgan fingerprint density at radius 2 is 1.95 bits per heavy atom. The molecule has 0 spiro atoms. The van der Waals surface area contributed by atoms with Gasteiger partial charge in [0.15, 0.2) is 0 Å². The predicted octanol–water partition coefficient (Wildman–Crippen LogP) is 3.21. The van der Waals surface area contributed by atoms with Crippen molar-refractivity contribution in [2.75, 3.05) is 5.73 Å². The number of halogens is 3. The van der Waals surface area contributed by atoms with Gasteiger partial charge < -0.3 is 5.73 Å². The average Bonchev–Trinajstić information content (AvgIpc) is 2.78. The van der Waals surface area contributed by atoms with E-state index in [0.717, 1.165) is 22.6 Å². The van der Waals surface area contributed by atoms with E-state index in [-0.39, 0.29) is 5.69 Å². The van der Waals surface area contributed by atoms with Gasteiger partial charge in [-0.1, -0.05) is 0 Å². The van der Waals surface area contributed by atoms with Gasteiger partial charge in [-0.05, 0) is 47.7 Å². The fourth-order valence-corrected chi connectivity index (χ4v) is 2.99. The zero-order valence-electron chi connectivity index (χ0n) is 10.7. The first kappa shape index (κ1) is 14.8. The molecule has 0 saturated carbocycles. The maximum Gasteiger partial charge on any atom is 0.416 e. The van der Waals surface area contributed by atoms with Gasteiger partial charge in [-0.25, -0.2) is 5.43 Å². The van der Waals surface area contributed by atoms with E-state index in [1.165, 1.54) is 17.4 Å². The van der Waals surface area contributed by atoms with Gasteiger partial charge in [0.25, 0.3) is 0 Å². The van der Waals surface area contributed by atoms with Crippen LogP contribution in [0.15, 0.2) is 29.6 Å². The van der Waals surface area contributed by atoms with Crippen LogP contribution in [0.3, 0.4) is 0 Å². The molecular weight excluding hydrogens is 287 g/mol. The summed E-state index contributed by atoms with van der Waals surface area (Å²) in [5, 5.41) is 1.86. The molecule has 1 atom stereocenters. The van der Waals surface area contributed by atoms with Crippen molar-refractivity contribution in [1.82, 2.24) is 5.43 Å². The number of aryl methyl sites for hydroxylation is 1. The van der Waals surface area contributed by atoms with Crippen molar-refractivity contribution in [3.63, 3.8) is 0 Å². The Labute approximate surface area is 118 Å². The molecular formula is C13H14F3N3S. The topological polar surface area (TPSA) is 64.1 Å². The van der Waals surface area contributed by atoms with Crippen LogP contribution < -0.4 is 17.0 Å². The standard InChI is InChI=1S/C13H14F3N3S/c1-7-4-5-20-12(7)11(19-18)9-6-8(13(14,15)16)2-3-10(9)17/h2-6,11,19H,17-18H2,1H3. The van der Waals surface area contributed by atoms with E-state index in [0.29, 0.717) is 5.56 Å². The molecule has 0 fully saturated rings. The van der Waals surface area contributed by atoms with Crippen LogP contribution in [0.1, 0.15) is 27.6 Å². The summed E-state index contributed by atoms with van der Waals surface area (Å²) in [5.41, 5.74) is 9.16. The summed E-state index contributed by atoms with van der Waals surface area (Å²) < 4.78 is 38.4. The van der Waals surface area contributed by atoms with Gasteiger partial charge in [0.05, 0.1) is 11.6 Å². The lowest BCUT2D eigenvalue weighted by molar-refractivity contribution is -0.137. The fraction of sp³-hybridized carbons (Fsp3) is 0.231. The first-order chi connectivity index (χ1) is 9.34. The van der Waals surface area contributed by atoms with Crippen LogP contribution in [-0.2, 0) is 6.18 Å². The third kappa shape index (κ3) is 2.79. The van der Waals surface area contributed by atoms with E-state index < -0.39 is 17.8 Å². The zero-order chi connectivity index (χ0) is 14.9. The fourth-order valence-electron chi connectivity index (χ4n) is 1.99. The number of benzene rings is 1. The average molecular weight is 301 g/mol. The molecule has 1 unspecified atom stereocenters. The van der Waals surface area contributed by atoms with Crippen molar-refractivity contribution in [2.45, 2.75) is 19.1 Å². The lowest BCUT2D eigenvalue weighted by Gasteiger charge is -2.19. The minimum Gasteiger partial charge on any atom is -0.398 e. The van der Waals surface area contributed by atoms with Gasteiger partial charge in [-0.3, -0.25) is 5.84 Å². The van der Waals surface area contributed by atoms with Crippen LogP contribution in [0.2, 0.25) is 0 Å². The molecule has 0 radical (unpaired) electrons. The predicted molar refractivity (Wildman–Crippen MR) is 74.1 cm³/mol. The Morgan fingerprint density at radius 3 is 2.45 bits per heavy atom.